The molecular weight excluding hydrogens is 733 g/mol. The van der Waals surface area contributed by atoms with Crippen molar-refractivity contribution < 1.29 is 59.9 Å². The molecule has 43 heavy (non-hydrogen) atoms. The van der Waals surface area contributed by atoms with Gasteiger partial charge in [0.25, 0.3) is 0 Å². The maximum Gasteiger partial charge on any atom is 3.00 e. The largest absolute Gasteiger partial charge is 3.00 e. The number of carbonyl (C=O) groups excluding carboxylic acids is 2. The maximum absolute atomic E-state index is 10.1. The van der Waals surface area contributed by atoms with E-state index >= 15 is 0 Å². The van der Waals surface area contributed by atoms with Crippen molar-refractivity contribution in [2.75, 3.05) is 13.2 Å². The van der Waals surface area contributed by atoms with Crippen LogP contribution in [0, 0.1) is 19.9 Å². The number of carboxylic acids is 2. The molecule has 0 spiro atoms. The van der Waals surface area contributed by atoms with Crippen molar-refractivity contribution >= 4 is 23.7 Å². The third-order valence-corrected chi connectivity index (χ3v) is 5.85. The van der Waals surface area contributed by atoms with Crippen LogP contribution in [0.25, 0.3) is 0 Å². The van der Waals surface area contributed by atoms with Crippen LogP contribution < -0.4 is 10.2 Å². The van der Waals surface area contributed by atoms with Crippen LogP contribution in [0.3, 0.4) is 0 Å². The molecule has 0 aromatic heterocycles. The standard InChI is InChI=1S/C18H23N2O2.2C7H6O2.Ir.H2O2/c1-11-7-12(2)14(16-20-18(5,6)10-22-16)8-13(11)15-19-17(3,4)9-21-15;2*8-7(9)6-4-2-1-3-5-6;;1-2/h7H,9-10H2,1-6H3;2*1-5H,(H,8,9);;1-2H/q-1;;;+3;/p-2. The number of hydrogen-bond acceptors (Lipinski definition) is 10. The average Bonchev–Trinajstić information content (AvgIpc) is 3.51. The molecule has 0 radical (unpaired) electrons. The van der Waals surface area contributed by atoms with Crippen molar-refractivity contribution in [3.8, 4) is 0 Å². The molecule has 0 aliphatic carbocycles. The number of aromatic carboxylic acids is 2. The molecular formula is C32H35IrN2O8. The summed E-state index contributed by atoms with van der Waals surface area (Å²) in [4.78, 5) is 29.5. The van der Waals surface area contributed by atoms with Crippen LogP contribution in [0.1, 0.15) is 70.7 Å². The predicted octanol–water partition coefficient (Wildman–Crippen LogP) is 3.33. The second-order valence-electron chi connectivity index (χ2n) is 10.7. The van der Waals surface area contributed by atoms with Gasteiger partial charge in [0.05, 0.1) is 23.0 Å². The summed E-state index contributed by atoms with van der Waals surface area (Å²) in [6.07, 6.45) is 0. The number of ether oxygens (including phenoxy) is 2. The van der Waals surface area contributed by atoms with E-state index < -0.39 is 11.9 Å². The molecule has 0 atom stereocenters. The van der Waals surface area contributed by atoms with Gasteiger partial charge in [0.2, 0.25) is 0 Å². The zero-order chi connectivity index (χ0) is 31.5. The molecule has 2 heterocycles. The topological polar surface area (TPSA) is 164 Å². The van der Waals surface area contributed by atoms with Crippen molar-refractivity contribution in [3.05, 3.63) is 106 Å². The summed E-state index contributed by atoms with van der Waals surface area (Å²) in [6, 6.07) is 21.7. The average molecular weight is 768 g/mol. The Morgan fingerprint density at radius 1 is 0.721 bits per heavy atom. The van der Waals surface area contributed by atoms with Gasteiger partial charge in [-0.15, -0.1) is 23.3 Å². The van der Waals surface area contributed by atoms with Crippen LogP contribution in [0.4, 0.5) is 0 Å². The fourth-order valence-corrected chi connectivity index (χ4v) is 3.81. The van der Waals surface area contributed by atoms with Gasteiger partial charge >= 0.3 is 20.1 Å². The Morgan fingerprint density at radius 2 is 1.05 bits per heavy atom. The van der Waals surface area contributed by atoms with Crippen molar-refractivity contribution in [2.24, 2.45) is 9.98 Å². The third kappa shape index (κ3) is 11.4. The first-order chi connectivity index (χ1) is 19.8. The van der Waals surface area contributed by atoms with Gasteiger partial charge in [-0.1, -0.05) is 85.6 Å². The Labute approximate surface area is 265 Å². The third-order valence-electron chi connectivity index (χ3n) is 5.85. The molecule has 0 bridgehead atoms. The summed E-state index contributed by atoms with van der Waals surface area (Å²) in [6.45, 7) is 13.6. The number of aliphatic imine (C=N–C) groups is 2. The first-order valence-corrected chi connectivity index (χ1v) is 13.0. The van der Waals surface area contributed by atoms with E-state index in [4.69, 9.17) is 20.0 Å². The Hall–Kier alpha value is -3.89. The molecule has 0 amide bonds. The molecule has 0 saturated carbocycles. The molecule has 0 saturated heterocycles. The molecule has 3 aromatic rings. The number of aryl methyl sites for hydroxylation is 2. The van der Waals surface area contributed by atoms with E-state index in [0.29, 0.717) is 25.0 Å². The first-order valence-electron chi connectivity index (χ1n) is 13.0. The van der Waals surface area contributed by atoms with Crippen LogP contribution in [0.15, 0.2) is 76.7 Å². The quantitative estimate of drug-likeness (QED) is 0.232. The smallest absolute Gasteiger partial charge is 0.545 e. The minimum atomic E-state index is -1.13. The van der Waals surface area contributed by atoms with E-state index in [9.17, 15) is 19.8 Å². The van der Waals surface area contributed by atoms with Gasteiger partial charge in [0, 0.05) is 0 Å². The Bertz CT molecular complexity index is 1320. The normalized spacial score (nSPS) is 15.1. The zero-order valence-corrected chi connectivity index (χ0v) is 27.2. The Balaban J connectivity index is 0.000000365. The maximum atomic E-state index is 10.1. The zero-order valence-electron chi connectivity index (χ0n) is 24.8. The van der Waals surface area contributed by atoms with E-state index in [2.05, 4.69) is 63.7 Å². The fraction of sp³-hybridized carbons (Fsp3) is 0.312. The summed E-state index contributed by atoms with van der Waals surface area (Å²) >= 11 is 0. The van der Waals surface area contributed by atoms with Crippen molar-refractivity contribution in [1.29, 1.82) is 0 Å². The van der Waals surface area contributed by atoms with E-state index in [0.717, 1.165) is 22.3 Å². The van der Waals surface area contributed by atoms with Crippen LogP contribution in [0.2, 0.25) is 0 Å². The van der Waals surface area contributed by atoms with E-state index in [1.54, 1.807) is 36.4 Å². The molecule has 2 aliphatic rings. The van der Waals surface area contributed by atoms with Crippen LogP contribution in [0.5, 0.6) is 0 Å². The summed E-state index contributed by atoms with van der Waals surface area (Å²) in [5, 5.41) is 32.2. The number of benzene rings is 3. The molecule has 10 nitrogen and oxygen atoms in total. The van der Waals surface area contributed by atoms with Gasteiger partial charge < -0.3 is 29.3 Å². The monoisotopic (exact) mass is 768 g/mol. The number of carboxylic acid groups (broad SMARTS) is 2. The van der Waals surface area contributed by atoms with Crippen molar-refractivity contribution in [3.63, 3.8) is 0 Å². The van der Waals surface area contributed by atoms with Crippen LogP contribution in [-0.2, 0) is 29.6 Å². The minimum absolute atomic E-state index is 0. The van der Waals surface area contributed by atoms with Gasteiger partial charge in [-0.2, -0.15) is 0 Å². The van der Waals surface area contributed by atoms with Crippen molar-refractivity contribution in [1.82, 2.24) is 0 Å². The molecule has 2 N–H and O–H groups in total. The summed E-state index contributed by atoms with van der Waals surface area (Å²) in [7, 11) is 0. The predicted molar refractivity (Wildman–Crippen MR) is 155 cm³/mol. The van der Waals surface area contributed by atoms with Gasteiger partial charge in [-0.25, -0.2) is 0 Å². The first kappa shape index (κ1) is 37.1. The molecule has 3 aromatic carbocycles. The second kappa shape index (κ2) is 16.7. The van der Waals surface area contributed by atoms with Gasteiger partial charge in [-0.05, 0) is 38.8 Å². The number of nitrogens with zero attached hydrogens (tertiary/aromatic N) is 2. The molecule has 0 unspecified atom stereocenters. The fourth-order valence-electron chi connectivity index (χ4n) is 3.81. The van der Waals surface area contributed by atoms with Gasteiger partial charge in [0.1, 0.15) is 25.0 Å². The van der Waals surface area contributed by atoms with Gasteiger partial charge in [0.15, 0.2) is 0 Å². The SMILES string of the molecule is Cc1cc(C)c(C2=NC(C)(C)CO2)[c-]c1C1=NC(C)(C)CO1.O=C([O-])c1ccccc1.O=C([O-])c1ccccc1.OO.[Ir+3]. The van der Waals surface area contributed by atoms with Crippen molar-refractivity contribution in [2.45, 2.75) is 52.6 Å². The minimum Gasteiger partial charge on any atom is -0.545 e. The number of hydrogen-bond donors (Lipinski definition) is 2. The molecule has 230 valence electrons. The van der Waals surface area contributed by atoms with E-state index in [1.165, 1.54) is 24.3 Å². The number of rotatable bonds is 4. The summed E-state index contributed by atoms with van der Waals surface area (Å²) in [5.41, 5.74) is 4.11. The summed E-state index contributed by atoms with van der Waals surface area (Å²) in [5.74, 6) is -0.922. The molecule has 0 fully saturated rings. The molecule has 5 rings (SSSR count). The van der Waals surface area contributed by atoms with E-state index in [1.807, 2.05) is 0 Å². The molecule has 2 aliphatic heterocycles. The summed E-state index contributed by atoms with van der Waals surface area (Å²) < 4.78 is 11.5. The Kier molecular flexibility index (Phi) is 14.4. The molecule has 11 heteroatoms. The van der Waals surface area contributed by atoms with Gasteiger partial charge in [-0.3, -0.25) is 20.5 Å². The Morgan fingerprint density at radius 3 is 1.28 bits per heavy atom. The van der Waals surface area contributed by atoms with Crippen LogP contribution in [-0.4, -0.2) is 58.5 Å². The number of carbonyl (C=O) groups is 2. The van der Waals surface area contributed by atoms with Crippen LogP contribution >= 0.6 is 0 Å². The van der Waals surface area contributed by atoms with E-state index in [-0.39, 0.29) is 42.3 Å². The second-order valence-corrected chi connectivity index (χ2v) is 10.7.